The maximum absolute atomic E-state index is 12.8. The van der Waals surface area contributed by atoms with E-state index >= 15 is 0 Å². The molecule has 0 bridgehead atoms. The quantitative estimate of drug-likeness (QED) is 0.910. The van der Waals surface area contributed by atoms with Crippen molar-refractivity contribution in [3.8, 4) is 0 Å². The summed E-state index contributed by atoms with van der Waals surface area (Å²) in [6.07, 6.45) is 0.950. The number of carbonyl (C=O) groups is 1. The Kier molecular flexibility index (Phi) is 4.50. The molecule has 1 aromatic carbocycles. The van der Waals surface area contributed by atoms with Gasteiger partial charge in [-0.3, -0.25) is 4.79 Å². The molecular formula is C18H26N2O2. The van der Waals surface area contributed by atoms with Crippen molar-refractivity contribution in [3.63, 3.8) is 0 Å². The number of aryl methyl sites for hydroxylation is 2. The fourth-order valence-electron chi connectivity index (χ4n) is 3.46. The molecule has 0 spiro atoms. The average Bonchev–Trinajstić information content (AvgIpc) is 3.04. The molecule has 0 unspecified atom stereocenters. The van der Waals surface area contributed by atoms with Gasteiger partial charge in [-0.1, -0.05) is 23.8 Å². The number of ether oxygens (including phenoxy) is 1. The topological polar surface area (TPSA) is 41.6 Å². The Bertz CT molecular complexity index is 552. The highest BCUT2D eigenvalue weighted by Gasteiger charge is 2.35. The SMILES string of the molecule is Cc1ccc(C)c([C@@H]2CN(C(=O)[C@@H]3CCNC3)[C@H](C)CO2)c1. The van der Waals surface area contributed by atoms with E-state index in [4.69, 9.17) is 4.74 Å². The number of benzene rings is 1. The van der Waals surface area contributed by atoms with E-state index in [-0.39, 0.29) is 24.0 Å². The Morgan fingerprint density at radius 3 is 2.91 bits per heavy atom. The van der Waals surface area contributed by atoms with E-state index in [1.165, 1.54) is 16.7 Å². The van der Waals surface area contributed by atoms with Gasteiger partial charge in [-0.15, -0.1) is 0 Å². The van der Waals surface area contributed by atoms with E-state index in [0.717, 1.165) is 19.5 Å². The summed E-state index contributed by atoms with van der Waals surface area (Å²) in [6, 6.07) is 6.61. The highest BCUT2D eigenvalue weighted by atomic mass is 16.5. The Morgan fingerprint density at radius 1 is 1.36 bits per heavy atom. The second-order valence-electron chi connectivity index (χ2n) is 6.71. The molecule has 0 aliphatic carbocycles. The summed E-state index contributed by atoms with van der Waals surface area (Å²) < 4.78 is 6.05. The summed E-state index contributed by atoms with van der Waals surface area (Å²) in [5.41, 5.74) is 3.69. The van der Waals surface area contributed by atoms with Crippen LogP contribution in [0.4, 0.5) is 0 Å². The molecule has 2 heterocycles. The van der Waals surface area contributed by atoms with Crippen molar-refractivity contribution in [2.45, 2.75) is 39.3 Å². The van der Waals surface area contributed by atoms with Gasteiger partial charge < -0.3 is 15.0 Å². The molecule has 1 amide bonds. The molecule has 3 rings (SSSR count). The Morgan fingerprint density at radius 2 is 2.18 bits per heavy atom. The summed E-state index contributed by atoms with van der Waals surface area (Å²) in [4.78, 5) is 14.8. The number of morpholine rings is 1. The minimum atomic E-state index is -0.00517. The van der Waals surface area contributed by atoms with Gasteiger partial charge in [0.2, 0.25) is 5.91 Å². The molecule has 0 saturated carbocycles. The summed E-state index contributed by atoms with van der Waals surface area (Å²) >= 11 is 0. The molecule has 22 heavy (non-hydrogen) atoms. The fraction of sp³-hybridized carbons (Fsp3) is 0.611. The number of nitrogens with zero attached hydrogens (tertiary/aromatic N) is 1. The van der Waals surface area contributed by atoms with Crippen molar-refractivity contribution in [1.29, 1.82) is 0 Å². The molecule has 120 valence electrons. The van der Waals surface area contributed by atoms with Crippen molar-refractivity contribution >= 4 is 5.91 Å². The standard InChI is InChI=1S/C18H26N2O2/c1-12-4-5-13(2)16(8-12)17-10-20(14(3)11-22-17)18(21)15-6-7-19-9-15/h4-5,8,14-15,17,19H,6-7,9-11H2,1-3H3/t14-,15-,17+/m1/s1. The van der Waals surface area contributed by atoms with E-state index < -0.39 is 0 Å². The highest BCUT2D eigenvalue weighted by molar-refractivity contribution is 5.80. The maximum atomic E-state index is 12.8. The smallest absolute Gasteiger partial charge is 0.227 e. The van der Waals surface area contributed by atoms with E-state index in [1.807, 2.05) is 4.90 Å². The lowest BCUT2D eigenvalue weighted by Gasteiger charge is -2.39. The molecule has 4 nitrogen and oxygen atoms in total. The van der Waals surface area contributed by atoms with Crippen LogP contribution in [0.5, 0.6) is 0 Å². The van der Waals surface area contributed by atoms with Crippen LogP contribution in [-0.2, 0) is 9.53 Å². The van der Waals surface area contributed by atoms with Crippen LogP contribution in [-0.4, -0.2) is 43.1 Å². The lowest BCUT2D eigenvalue weighted by Crippen LogP contribution is -2.50. The summed E-state index contributed by atoms with van der Waals surface area (Å²) in [7, 11) is 0. The first kappa shape index (κ1) is 15.5. The van der Waals surface area contributed by atoms with Crippen LogP contribution in [0, 0.1) is 19.8 Å². The zero-order chi connectivity index (χ0) is 15.7. The van der Waals surface area contributed by atoms with Crippen LogP contribution in [0.15, 0.2) is 18.2 Å². The number of rotatable bonds is 2. The molecule has 0 aromatic heterocycles. The lowest BCUT2D eigenvalue weighted by molar-refractivity contribution is -0.148. The van der Waals surface area contributed by atoms with Crippen LogP contribution in [0.3, 0.4) is 0 Å². The number of hydrogen-bond acceptors (Lipinski definition) is 3. The highest BCUT2D eigenvalue weighted by Crippen LogP contribution is 2.29. The van der Waals surface area contributed by atoms with E-state index in [2.05, 4.69) is 44.3 Å². The Hall–Kier alpha value is -1.39. The third kappa shape index (κ3) is 3.03. The molecule has 2 fully saturated rings. The predicted molar refractivity (Wildman–Crippen MR) is 86.8 cm³/mol. The fourth-order valence-corrected chi connectivity index (χ4v) is 3.46. The third-order valence-electron chi connectivity index (χ3n) is 4.91. The number of nitrogens with one attached hydrogen (secondary N) is 1. The summed E-state index contributed by atoms with van der Waals surface area (Å²) in [6.45, 7) is 9.35. The zero-order valence-electron chi connectivity index (χ0n) is 13.8. The number of hydrogen-bond donors (Lipinski definition) is 1. The van der Waals surface area contributed by atoms with Crippen molar-refractivity contribution in [2.75, 3.05) is 26.2 Å². The average molecular weight is 302 g/mol. The van der Waals surface area contributed by atoms with E-state index in [9.17, 15) is 4.79 Å². The van der Waals surface area contributed by atoms with E-state index in [1.54, 1.807) is 0 Å². The molecule has 2 aliphatic rings. The molecule has 1 N–H and O–H groups in total. The molecule has 2 saturated heterocycles. The van der Waals surface area contributed by atoms with Crippen LogP contribution < -0.4 is 5.32 Å². The summed E-state index contributed by atoms with van der Waals surface area (Å²) in [5.74, 6) is 0.427. The van der Waals surface area contributed by atoms with Crippen LogP contribution >= 0.6 is 0 Å². The van der Waals surface area contributed by atoms with Crippen molar-refractivity contribution in [1.82, 2.24) is 10.2 Å². The van der Waals surface area contributed by atoms with Crippen molar-refractivity contribution in [3.05, 3.63) is 34.9 Å². The van der Waals surface area contributed by atoms with Crippen LogP contribution in [0.2, 0.25) is 0 Å². The lowest BCUT2D eigenvalue weighted by atomic mass is 9.97. The molecule has 2 aliphatic heterocycles. The van der Waals surface area contributed by atoms with Gasteiger partial charge in [0.05, 0.1) is 25.1 Å². The van der Waals surface area contributed by atoms with Gasteiger partial charge in [0.1, 0.15) is 6.10 Å². The third-order valence-corrected chi connectivity index (χ3v) is 4.91. The van der Waals surface area contributed by atoms with Gasteiger partial charge in [0.15, 0.2) is 0 Å². The van der Waals surface area contributed by atoms with Crippen LogP contribution in [0.25, 0.3) is 0 Å². The van der Waals surface area contributed by atoms with Crippen molar-refractivity contribution in [2.24, 2.45) is 5.92 Å². The second kappa shape index (κ2) is 6.39. The van der Waals surface area contributed by atoms with Crippen LogP contribution in [0.1, 0.15) is 36.1 Å². The van der Waals surface area contributed by atoms with Gasteiger partial charge in [0, 0.05) is 6.54 Å². The second-order valence-corrected chi connectivity index (χ2v) is 6.71. The maximum Gasteiger partial charge on any atom is 0.227 e. The number of amides is 1. The van der Waals surface area contributed by atoms with Gasteiger partial charge in [-0.2, -0.15) is 0 Å². The first-order chi connectivity index (χ1) is 10.6. The molecule has 0 radical (unpaired) electrons. The van der Waals surface area contributed by atoms with E-state index in [0.29, 0.717) is 13.2 Å². The normalized spacial score (nSPS) is 28.9. The minimum Gasteiger partial charge on any atom is -0.370 e. The molecule has 4 heteroatoms. The summed E-state index contributed by atoms with van der Waals surface area (Å²) in [5, 5.41) is 3.29. The Labute approximate surface area is 132 Å². The van der Waals surface area contributed by atoms with Gasteiger partial charge in [-0.05, 0) is 44.9 Å². The van der Waals surface area contributed by atoms with Crippen molar-refractivity contribution < 1.29 is 9.53 Å². The minimum absolute atomic E-state index is 0.00517. The molecular weight excluding hydrogens is 276 g/mol. The molecule has 1 aromatic rings. The first-order valence-corrected chi connectivity index (χ1v) is 8.26. The zero-order valence-corrected chi connectivity index (χ0v) is 13.8. The largest absolute Gasteiger partial charge is 0.370 e. The van der Waals surface area contributed by atoms with Gasteiger partial charge >= 0.3 is 0 Å². The molecule has 3 atom stereocenters. The monoisotopic (exact) mass is 302 g/mol. The van der Waals surface area contributed by atoms with Gasteiger partial charge in [-0.25, -0.2) is 0 Å². The first-order valence-electron chi connectivity index (χ1n) is 8.26. The predicted octanol–water partition coefficient (Wildman–Crippen LogP) is 2.20. The Balaban J connectivity index is 1.78. The van der Waals surface area contributed by atoms with Gasteiger partial charge in [0.25, 0.3) is 0 Å². The number of carbonyl (C=O) groups excluding carboxylic acids is 1.